The SMILES string of the molecule is CNC(CO)c1ccc(OC)c2ccccc12. The summed E-state index contributed by atoms with van der Waals surface area (Å²) < 4.78 is 5.35. The van der Waals surface area contributed by atoms with E-state index in [0.29, 0.717) is 0 Å². The van der Waals surface area contributed by atoms with Crippen LogP contribution in [0.15, 0.2) is 36.4 Å². The summed E-state index contributed by atoms with van der Waals surface area (Å²) >= 11 is 0. The summed E-state index contributed by atoms with van der Waals surface area (Å²) in [6.07, 6.45) is 0. The third kappa shape index (κ3) is 2.12. The normalized spacial score (nSPS) is 12.6. The molecular formula is C14H17NO2. The monoisotopic (exact) mass is 231 g/mol. The van der Waals surface area contributed by atoms with Gasteiger partial charge in [0.15, 0.2) is 0 Å². The van der Waals surface area contributed by atoms with Crippen LogP contribution in [0.2, 0.25) is 0 Å². The Balaban J connectivity index is 2.66. The highest BCUT2D eigenvalue weighted by molar-refractivity contribution is 5.91. The molecule has 1 unspecified atom stereocenters. The maximum absolute atomic E-state index is 9.37. The molecule has 0 heterocycles. The van der Waals surface area contributed by atoms with Crippen LogP contribution in [0.3, 0.4) is 0 Å². The Bertz CT molecular complexity index is 507. The second-order valence-electron chi connectivity index (χ2n) is 3.93. The van der Waals surface area contributed by atoms with Gasteiger partial charge in [0.05, 0.1) is 19.8 Å². The number of methoxy groups -OCH3 is 1. The zero-order valence-electron chi connectivity index (χ0n) is 10.1. The van der Waals surface area contributed by atoms with Crippen LogP contribution in [0.5, 0.6) is 5.75 Å². The number of aliphatic hydroxyl groups is 1. The Labute approximate surface area is 101 Å². The molecule has 3 heteroatoms. The molecule has 0 bridgehead atoms. The lowest BCUT2D eigenvalue weighted by atomic mass is 9.98. The maximum atomic E-state index is 9.37. The van der Waals surface area contributed by atoms with Crippen molar-refractivity contribution in [2.45, 2.75) is 6.04 Å². The predicted molar refractivity (Wildman–Crippen MR) is 69.4 cm³/mol. The van der Waals surface area contributed by atoms with Gasteiger partial charge in [-0.15, -0.1) is 0 Å². The van der Waals surface area contributed by atoms with Gasteiger partial charge in [-0.2, -0.15) is 0 Å². The molecule has 0 saturated heterocycles. The van der Waals surface area contributed by atoms with Gasteiger partial charge in [-0.05, 0) is 24.1 Å². The van der Waals surface area contributed by atoms with Gasteiger partial charge in [0.1, 0.15) is 5.75 Å². The minimum absolute atomic E-state index is 0.0502. The number of ether oxygens (including phenoxy) is 1. The Morgan fingerprint density at radius 3 is 2.47 bits per heavy atom. The van der Waals surface area contributed by atoms with Crippen LogP contribution in [0.4, 0.5) is 0 Å². The van der Waals surface area contributed by atoms with Crippen molar-refractivity contribution in [3.63, 3.8) is 0 Å². The maximum Gasteiger partial charge on any atom is 0.126 e. The van der Waals surface area contributed by atoms with Gasteiger partial charge in [0, 0.05) is 5.39 Å². The zero-order valence-corrected chi connectivity index (χ0v) is 10.1. The summed E-state index contributed by atoms with van der Waals surface area (Å²) in [5, 5.41) is 14.7. The summed E-state index contributed by atoms with van der Waals surface area (Å²) in [4.78, 5) is 0. The Morgan fingerprint density at radius 2 is 1.88 bits per heavy atom. The molecule has 0 aliphatic rings. The lowest BCUT2D eigenvalue weighted by Crippen LogP contribution is -2.20. The van der Waals surface area contributed by atoms with E-state index in [-0.39, 0.29) is 12.6 Å². The second kappa shape index (κ2) is 5.17. The fraction of sp³-hybridized carbons (Fsp3) is 0.286. The van der Waals surface area contributed by atoms with Crippen molar-refractivity contribution in [3.05, 3.63) is 42.0 Å². The van der Waals surface area contributed by atoms with E-state index in [1.165, 1.54) is 0 Å². The summed E-state index contributed by atoms with van der Waals surface area (Å²) in [6, 6.07) is 12.0. The first-order chi connectivity index (χ1) is 8.31. The highest BCUT2D eigenvalue weighted by Crippen LogP contribution is 2.31. The number of nitrogens with one attached hydrogen (secondary N) is 1. The molecule has 2 aromatic carbocycles. The van der Waals surface area contributed by atoms with Crippen molar-refractivity contribution in [2.24, 2.45) is 0 Å². The van der Waals surface area contributed by atoms with E-state index in [2.05, 4.69) is 5.32 Å². The second-order valence-corrected chi connectivity index (χ2v) is 3.93. The van der Waals surface area contributed by atoms with E-state index in [4.69, 9.17) is 4.74 Å². The fourth-order valence-electron chi connectivity index (χ4n) is 2.12. The van der Waals surface area contributed by atoms with Crippen LogP contribution in [0.25, 0.3) is 10.8 Å². The van der Waals surface area contributed by atoms with E-state index >= 15 is 0 Å². The van der Waals surface area contributed by atoms with Crippen LogP contribution in [-0.4, -0.2) is 25.9 Å². The lowest BCUT2D eigenvalue weighted by Gasteiger charge is -2.17. The molecule has 0 aromatic heterocycles. The van der Waals surface area contributed by atoms with Gasteiger partial charge in [-0.25, -0.2) is 0 Å². The van der Waals surface area contributed by atoms with E-state index in [0.717, 1.165) is 22.1 Å². The minimum atomic E-state index is -0.0502. The molecule has 2 aromatic rings. The van der Waals surface area contributed by atoms with Crippen LogP contribution >= 0.6 is 0 Å². The highest BCUT2D eigenvalue weighted by Gasteiger charge is 2.13. The third-order valence-corrected chi connectivity index (χ3v) is 3.04. The summed E-state index contributed by atoms with van der Waals surface area (Å²) in [5.74, 6) is 0.858. The van der Waals surface area contributed by atoms with Gasteiger partial charge in [0.25, 0.3) is 0 Å². The molecule has 0 fully saturated rings. The summed E-state index contributed by atoms with van der Waals surface area (Å²) in [5.41, 5.74) is 1.09. The van der Waals surface area contributed by atoms with E-state index in [9.17, 15) is 5.11 Å². The van der Waals surface area contributed by atoms with Gasteiger partial charge in [-0.3, -0.25) is 0 Å². The molecule has 2 rings (SSSR count). The van der Waals surface area contributed by atoms with E-state index in [1.807, 2.05) is 43.4 Å². The van der Waals surface area contributed by atoms with Gasteiger partial charge >= 0.3 is 0 Å². The Hall–Kier alpha value is -1.58. The van der Waals surface area contributed by atoms with Gasteiger partial charge < -0.3 is 15.2 Å². The van der Waals surface area contributed by atoms with Crippen molar-refractivity contribution in [1.82, 2.24) is 5.32 Å². The smallest absolute Gasteiger partial charge is 0.126 e. The first-order valence-corrected chi connectivity index (χ1v) is 5.65. The number of rotatable bonds is 4. The van der Waals surface area contributed by atoms with Crippen LogP contribution < -0.4 is 10.1 Å². The van der Waals surface area contributed by atoms with Crippen molar-refractivity contribution in [2.75, 3.05) is 20.8 Å². The van der Waals surface area contributed by atoms with Crippen molar-refractivity contribution >= 4 is 10.8 Å². The van der Waals surface area contributed by atoms with Crippen LogP contribution in [0, 0.1) is 0 Å². The van der Waals surface area contributed by atoms with Crippen LogP contribution in [0.1, 0.15) is 11.6 Å². The molecule has 0 aliphatic heterocycles. The third-order valence-electron chi connectivity index (χ3n) is 3.04. The molecular weight excluding hydrogens is 214 g/mol. The predicted octanol–water partition coefficient (Wildman–Crippen LogP) is 2.10. The Morgan fingerprint density at radius 1 is 1.18 bits per heavy atom. The average molecular weight is 231 g/mol. The summed E-state index contributed by atoms with van der Waals surface area (Å²) in [7, 11) is 3.52. The molecule has 0 saturated carbocycles. The quantitative estimate of drug-likeness (QED) is 0.846. The largest absolute Gasteiger partial charge is 0.496 e. The lowest BCUT2D eigenvalue weighted by molar-refractivity contribution is 0.251. The van der Waals surface area contributed by atoms with E-state index < -0.39 is 0 Å². The molecule has 17 heavy (non-hydrogen) atoms. The number of likely N-dealkylation sites (N-methyl/N-ethyl adjacent to an activating group) is 1. The van der Waals surface area contributed by atoms with Crippen molar-refractivity contribution < 1.29 is 9.84 Å². The minimum Gasteiger partial charge on any atom is -0.496 e. The van der Waals surface area contributed by atoms with Gasteiger partial charge in [-0.1, -0.05) is 30.3 Å². The number of fused-ring (bicyclic) bond motifs is 1. The van der Waals surface area contributed by atoms with Crippen molar-refractivity contribution in [1.29, 1.82) is 0 Å². The first kappa shape index (κ1) is 11.9. The topological polar surface area (TPSA) is 41.5 Å². The van der Waals surface area contributed by atoms with Crippen molar-refractivity contribution in [3.8, 4) is 5.75 Å². The Kier molecular flexibility index (Phi) is 3.61. The van der Waals surface area contributed by atoms with Gasteiger partial charge in [0.2, 0.25) is 0 Å². The summed E-state index contributed by atoms with van der Waals surface area (Å²) in [6.45, 7) is 0.0762. The molecule has 90 valence electrons. The van der Waals surface area contributed by atoms with E-state index in [1.54, 1.807) is 7.11 Å². The molecule has 2 N–H and O–H groups in total. The zero-order chi connectivity index (χ0) is 12.3. The molecule has 0 radical (unpaired) electrons. The molecule has 1 atom stereocenters. The van der Waals surface area contributed by atoms with Crippen LogP contribution in [-0.2, 0) is 0 Å². The first-order valence-electron chi connectivity index (χ1n) is 5.65. The standard InChI is InChI=1S/C14H17NO2/c1-15-13(9-16)11-7-8-14(17-2)12-6-4-3-5-10(11)12/h3-8,13,15-16H,9H2,1-2H3. The average Bonchev–Trinajstić information content (AvgIpc) is 2.40. The molecule has 3 nitrogen and oxygen atoms in total. The molecule has 0 amide bonds. The number of hydrogen-bond donors (Lipinski definition) is 2. The molecule has 0 aliphatic carbocycles. The number of hydrogen-bond acceptors (Lipinski definition) is 3. The fourth-order valence-corrected chi connectivity index (χ4v) is 2.12. The number of aliphatic hydroxyl groups excluding tert-OH is 1. The molecule has 0 spiro atoms. The highest BCUT2D eigenvalue weighted by atomic mass is 16.5. The number of benzene rings is 2.